The quantitative estimate of drug-likeness (QED) is 0.639. The predicted molar refractivity (Wildman–Crippen MR) is 44.8 cm³/mol. The van der Waals surface area contributed by atoms with Gasteiger partial charge in [0.2, 0.25) is 0 Å². The van der Waals surface area contributed by atoms with Gasteiger partial charge in [-0.2, -0.15) is 0 Å². The fraction of sp³-hybridized carbons (Fsp3) is 0.500. The summed E-state index contributed by atoms with van der Waals surface area (Å²) >= 11 is 0. The Balaban J connectivity index is 3.85. The van der Waals surface area contributed by atoms with Crippen molar-refractivity contribution in [1.82, 2.24) is 5.32 Å². The summed E-state index contributed by atoms with van der Waals surface area (Å²) in [5, 5.41) is 2.36. The van der Waals surface area contributed by atoms with E-state index >= 15 is 0 Å². The molecule has 0 aromatic heterocycles. The van der Waals surface area contributed by atoms with Gasteiger partial charge in [0.25, 0.3) is 0 Å². The van der Waals surface area contributed by atoms with Crippen molar-refractivity contribution in [2.45, 2.75) is 19.4 Å². The van der Waals surface area contributed by atoms with Crippen LogP contribution in [0.2, 0.25) is 0 Å². The second kappa shape index (κ2) is 5.35. The first-order valence-electron chi connectivity index (χ1n) is 3.60. The standard InChI is InChI=1S/C8H13NO3/c1-4-5-7(10)6(2)9-8(11)12-3/h4,6H,1,5H2,2-3H3,(H,9,11). The van der Waals surface area contributed by atoms with E-state index in [0.717, 1.165) is 0 Å². The van der Waals surface area contributed by atoms with Gasteiger partial charge in [0.05, 0.1) is 13.2 Å². The topological polar surface area (TPSA) is 55.4 Å². The molecule has 1 amide bonds. The Morgan fingerprint density at radius 2 is 2.25 bits per heavy atom. The average Bonchev–Trinajstić information content (AvgIpc) is 2.04. The maximum absolute atomic E-state index is 11.1. The number of methoxy groups -OCH3 is 1. The number of carbonyl (C=O) groups excluding carboxylic acids is 2. The number of allylic oxidation sites excluding steroid dienone is 1. The van der Waals surface area contributed by atoms with E-state index in [4.69, 9.17) is 0 Å². The van der Waals surface area contributed by atoms with Gasteiger partial charge in [-0.05, 0) is 6.92 Å². The van der Waals surface area contributed by atoms with Gasteiger partial charge >= 0.3 is 6.09 Å². The molecular weight excluding hydrogens is 158 g/mol. The molecule has 0 radical (unpaired) electrons. The number of alkyl carbamates (subject to hydrolysis) is 1. The lowest BCUT2D eigenvalue weighted by molar-refractivity contribution is -0.119. The van der Waals surface area contributed by atoms with Gasteiger partial charge in [0.15, 0.2) is 5.78 Å². The normalized spacial score (nSPS) is 11.5. The molecule has 0 saturated carbocycles. The molecule has 0 fully saturated rings. The SMILES string of the molecule is C=CCC(=O)C(C)NC(=O)OC. The van der Waals surface area contributed by atoms with Crippen LogP contribution in [0, 0.1) is 0 Å². The second-order valence-corrected chi connectivity index (χ2v) is 2.32. The Kier molecular flexibility index (Phi) is 4.76. The van der Waals surface area contributed by atoms with Crippen LogP contribution < -0.4 is 5.32 Å². The lowest BCUT2D eigenvalue weighted by Crippen LogP contribution is -2.38. The summed E-state index contributed by atoms with van der Waals surface area (Å²) < 4.78 is 4.32. The third-order valence-electron chi connectivity index (χ3n) is 1.35. The van der Waals surface area contributed by atoms with Crippen molar-refractivity contribution in [3.05, 3.63) is 12.7 Å². The first-order valence-corrected chi connectivity index (χ1v) is 3.60. The number of amides is 1. The van der Waals surface area contributed by atoms with E-state index in [-0.39, 0.29) is 12.2 Å². The summed E-state index contributed by atoms with van der Waals surface area (Å²) in [4.78, 5) is 21.7. The highest BCUT2D eigenvalue weighted by Crippen LogP contribution is 1.91. The van der Waals surface area contributed by atoms with Crippen molar-refractivity contribution in [2.24, 2.45) is 0 Å². The van der Waals surface area contributed by atoms with Gasteiger partial charge < -0.3 is 10.1 Å². The summed E-state index contributed by atoms with van der Waals surface area (Å²) in [6.45, 7) is 5.02. The number of nitrogens with one attached hydrogen (secondary N) is 1. The van der Waals surface area contributed by atoms with Crippen molar-refractivity contribution in [3.63, 3.8) is 0 Å². The summed E-state index contributed by atoms with van der Waals surface area (Å²) in [6.07, 6.45) is 1.16. The molecule has 68 valence electrons. The molecule has 0 rings (SSSR count). The second-order valence-electron chi connectivity index (χ2n) is 2.32. The third-order valence-corrected chi connectivity index (χ3v) is 1.35. The van der Waals surface area contributed by atoms with Gasteiger partial charge in [-0.1, -0.05) is 6.08 Å². The van der Waals surface area contributed by atoms with Crippen molar-refractivity contribution in [1.29, 1.82) is 0 Å². The molecule has 0 aliphatic heterocycles. The van der Waals surface area contributed by atoms with E-state index in [2.05, 4.69) is 16.6 Å². The zero-order chi connectivity index (χ0) is 9.56. The van der Waals surface area contributed by atoms with E-state index in [1.165, 1.54) is 13.2 Å². The van der Waals surface area contributed by atoms with Gasteiger partial charge in [0.1, 0.15) is 0 Å². The lowest BCUT2D eigenvalue weighted by atomic mass is 10.1. The molecule has 1 atom stereocenters. The number of carbonyl (C=O) groups is 2. The van der Waals surface area contributed by atoms with Crippen molar-refractivity contribution in [3.8, 4) is 0 Å². The number of hydrogen-bond acceptors (Lipinski definition) is 3. The molecule has 0 spiro atoms. The first-order chi connectivity index (χ1) is 5.61. The van der Waals surface area contributed by atoms with Crippen molar-refractivity contribution in [2.75, 3.05) is 7.11 Å². The fourth-order valence-corrected chi connectivity index (χ4v) is 0.635. The molecule has 1 N–H and O–H groups in total. The minimum absolute atomic E-state index is 0.0876. The minimum atomic E-state index is -0.597. The van der Waals surface area contributed by atoms with Gasteiger partial charge in [-0.15, -0.1) is 6.58 Å². The fourth-order valence-electron chi connectivity index (χ4n) is 0.635. The number of hydrogen-bond donors (Lipinski definition) is 1. The van der Waals surface area contributed by atoms with Crippen LogP contribution in [0.4, 0.5) is 4.79 Å². The van der Waals surface area contributed by atoms with Crippen LogP contribution in [0.1, 0.15) is 13.3 Å². The van der Waals surface area contributed by atoms with E-state index < -0.39 is 12.1 Å². The third kappa shape index (κ3) is 3.75. The zero-order valence-electron chi connectivity index (χ0n) is 7.29. The van der Waals surface area contributed by atoms with Crippen LogP contribution >= 0.6 is 0 Å². The van der Waals surface area contributed by atoms with E-state index in [1.807, 2.05) is 0 Å². The van der Waals surface area contributed by atoms with Crippen LogP contribution in [0.3, 0.4) is 0 Å². The molecule has 4 heteroatoms. The van der Waals surface area contributed by atoms with E-state index in [1.54, 1.807) is 6.92 Å². The van der Waals surface area contributed by atoms with Crippen LogP contribution in [0.5, 0.6) is 0 Å². The molecule has 4 nitrogen and oxygen atoms in total. The molecule has 0 bridgehead atoms. The lowest BCUT2D eigenvalue weighted by Gasteiger charge is -2.09. The van der Waals surface area contributed by atoms with Crippen molar-refractivity contribution < 1.29 is 14.3 Å². The molecule has 0 aliphatic rings. The first kappa shape index (κ1) is 10.7. The smallest absolute Gasteiger partial charge is 0.407 e. The number of ketones is 1. The molecular formula is C8H13NO3. The Bertz CT molecular complexity index is 189. The summed E-state index contributed by atoms with van der Waals surface area (Å²) in [5.41, 5.74) is 0. The highest BCUT2D eigenvalue weighted by molar-refractivity contribution is 5.87. The minimum Gasteiger partial charge on any atom is -0.453 e. The molecule has 1 unspecified atom stereocenters. The number of Topliss-reactive ketones (excluding diaryl/α,β-unsaturated/α-hetero) is 1. The molecule has 0 aromatic carbocycles. The van der Waals surface area contributed by atoms with E-state index in [0.29, 0.717) is 0 Å². The Morgan fingerprint density at radius 1 is 1.67 bits per heavy atom. The molecule has 0 heterocycles. The Morgan fingerprint density at radius 3 is 2.67 bits per heavy atom. The van der Waals surface area contributed by atoms with Crippen LogP contribution in [-0.2, 0) is 9.53 Å². The van der Waals surface area contributed by atoms with Gasteiger partial charge in [-0.3, -0.25) is 4.79 Å². The maximum atomic E-state index is 11.1. The monoisotopic (exact) mass is 171 g/mol. The van der Waals surface area contributed by atoms with Crippen molar-refractivity contribution >= 4 is 11.9 Å². The van der Waals surface area contributed by atoms with Crippen LogP contribution in [0.15, 0.2) is 12.7 Å². The Labute approximate surface area is 71.6 Å². The predicted octanol–water partition coefficient (Wildman–Crippen LogP) is 0.876. The largest absolute Gasteiger partial charge is 0.453 e. The average molecular weight is 171 g/mol. The highest BCUT2D eigenvalue weighted by Gasteiger charge is 2.13. The van der Waals surface area contributed by atoms with Crippen LogP contribution in [0.25, 0.3) is 0 Å². The van der Waals surface area contributed by atoms with Gasteiger partial charge in [-0.25, -0.2) is 4.79 Å². The number of ether oxygens (including phenoxy) is 1. The summed E-state index contributed by atoms with van der Waals surface area (Å²) in [6, 6.07) is -0.518. The summed E-state index contributed by atoms with van der Waals surface area (Å²) in [5.74, 6) is -0.0876. The molecule has 0 aromatic rings. The molecule has 0 aliphatic carbocycles. The molecule has 12 heavy (non-hydrogen) atoms. The molecule has 0 saturated heterocycles. The highest BCUT2D eigenvalue weighted by atomic mass is 16.5. The number of rotatable bonds is 4. The van der Waals surface area contributed by atoms with E-state index in [9.17, 15) is 9.59 Å². The maximum Gasteiger partial charge on any atom is 0.407 e. The van der Waals surface area contributed by atoms with Gasteiger partial charge in [0, 0.05) is 6.42 Å². The Hall–Kier alpha value is -1.32. The van der Waals surface area contributed by atoms with Crippen LogP contribution in [-0.4, -0.2) is 25.0 Å². The summed E-state index contributed by atoms with van der Waals surface area (Å²) in [7, 11) is 1.25. The zero-order valence-corrected chi connectivity index (χ0v) is 7.29.